The highest BCUT2D eigenvalue weighted by Crippen LogP contribution is 2.11. The zero-order chi connectivity index (χ0) is 6.69. The first-order valence-electron chi connectivity index (χ1n) is 2.34. The average Bonchev–Trinajstić information content (AvgIpc) is 1.89. The lowest BCUT2D eigenvalue weighted by molar-refractivity contribution is -0.112. The normalized spacial score (nSPS) is 25.0. The van der Waals surface area contributed by atoms with Gasteiger partial charge in [-0.05, 0) is 11.5 Å². The maximum Gasteiger partial charge on any atom is 0.212 e. The van der Waals surface area contributed by atoms with Gasteiger partial charge >= 0.3 is 0 Å². The number of hydrogen-bond donors (Lipinski definition) is 0. The van der Waals surface area contributed by atoms with E-state index in [1.807, 2.05) is 0 Å². The fraction of sp³-hybridized carbons (Fsp3) is 0.500. The van der Waals surface area contributed by atoms with E-state index in [0.29, 0.717) is 0 Å². The van der Waals surface area contributed by atoms with Crippen LogP contribution in [0.25, 0.3) is 0 Å². The van der Waals surface area contributed by atoms with Gasteiger partial charge in [0.05, 0.1) is 6.21 Å². The van der Waals surface area contributed by atoms with Gasteiger partial charge in [0.1, 0.15) is 0 Å². The topological polar surface area (TPSA) is 54.1 Å². The number of nitrogens with zero attached hydrogens (tertiary/aromatic N) is 3. The molecule has 0 saturated carbocycles. The van der Waals surface area contributed by atoms with Crippen molar-refractivity contribution in [2.45, 2.75) is 5.37 Å². The summed E-state index contributed by atoms with van der Waals surface area (Å²) in [6.45, 7) is 0. The van der Waals surface area contributed by atoms with Crippen LogP contribution in [0.5, 0.6) is 0 Å². The van der Waals surface area contributed by atoms with Gasteiger partial charge in [0.15, 0.2) is 5.37 Å². The minimum absolute atomic E-state index is 0.0856. The highest BCUT2D eigenvalue weighted by atomic mass is 32.2. The highest BCUT2D eigenvalue weighted by Gasteiger charge is 2.15. The Morgan fingerprint density at radius 1 is 1.78 bits per heavy atom. The van der Waals surface area contributed by atoms with Crippen molar-refractivity contribution in [3.05, 3.63) is 0 Å². The molecule has 9 heavy (non-hydrogen) atoms. The van der Waals surface area contributed by atoms with E-state index >= 15 is 0 Å². The van der Waals surface area contributed by atoms with E-state index in [0.717, 1.165) is 0 Å². The van der Waals surface area contributed by atoms with Crippen molar-refractivity contribution in [3.8, 4) is 0 Å². The van der Waals surface area contributed by atoms with Gasteiger partial charge in [0.25, 0.3) is 0 Å². The lowest BCUT2D eigenvalue weighted by Gasteiger charge is -2.02. The van der Waals surface area contributed by atoms with E-state index in [1.165, 1.54) is 18.0 Å². The largest absolute Gasteiger partial charge is 0.290 e. The summed E-state index contributed by atoms with van der Waals surface area (Å²) in [5.74, 6) is -0.0856. The van der Waals surface area contributed by atoms with Gasteiger partial charge in [-0.3, -0.25) is 4.79 Å². The summed E-state index contributed by atoms with van der Waals surface area (Å²) in [6.07, 6.45) is 2.99. The molecule has 48 valence electrons. The van der Waals surface area contributed by atoms with E-state index in [2.05, 4.69) is 15.4 Å². The van der Waals surface area contributed by atoms with Gasteiger partial charge < -0.3 is 0 Å². The minimum Gasteiger partial charge on any atom is -0.290 e. The molecule has 0 aromatic rings. The molecule has 0 bridgehead atoms. The summed E-state index contributed by atoms with van der Waals surface area (Å²) in [7, 11) is 0. The van der Waals surface area contributed by atoms with Crippen LogP contribution < -0.4 is 0 Å². The van der Waals surface area contributed by atoms with Gasteiger partial charge in [-0.25, -0.2) is 0 Å². The second kappa shape index (κ2) is 2.72. The zero-order valence-corrected chi connectivity index (χ0v) is 5.63. The van der Waals surface area contributed by atoms with Crippen LogP contribution >= 0.6 is 11.8 Å². The Morgan fingerprint density at radius 3 is 3.00 bits per heavy atom. The smallest absolute Gasteiger partial charge is 0.212 e. The number of hydrogen-bond acceptors (Lipinski definition) is 5. The number of carbonyl (C=O) groups is 1. The van der Waals surface area contributed by atoms with Crippen molar-refractivity contribution in [3.63, 3.8) is 0 Å². The fourth-order valence-corrected chi connectivity index (χ4v) is 0.873. The second-order valence-electron chi connectivity index (χ2n) is 1.44. The predicted molar refractivity (Wildman–Crippen MR) is 35.7 cm³/mol. The van der Waals surface area contributed by atoms with Crippen LogP contribution in [0.3, 0.4) is 0 Å². The molecule has 1 rings (SSSR count). The molecule has 0 fully saturated rings. The maximum atomic E-state index is 10.7. The number of ketones is 1. The van der Waals surface area contributed by atoms with Crippen LogP contribution in [0.4, 0.5) is 0 Å². The van der Waals surface area contributed by atoms with E-state index in [-0.39, 0.29) is 11.2 Å². The van der Waals surface area contributed by atoms with Crippen LogP contribution in [-0.4, -0.2) is 23.6 Å². The van der Waals surface area contributed by atoms with Crippen molar-refractivity contribution in [1.29, 1.82) is 0 Å². The first kappa shape index (κ1) is 6.41. The molecule has 1 heterocycles. The summed E-state index contributed by atoms with van der Waals surface area (Å²) < 4.78 is 0. The van der Waals surface area contributed by atoms with Crippen molar-refractivity contribution >= 4 is 23.8 Å². The van der Waals surface area contributed by atoms with Gasteiger partial charge in [-0.1, -0.05) is 0 Å². The SMILES string of the molecule is CSC1N=NN=CC1=O. The molecule has 0 aliphatic carbocycles. The van der Waals surface area contributed by atoms with E-state index in [1.54, 1.807) is 6.26 Å². The van der Waals surface area contributed by atoms with Gasteiger partial charge in [-0.15, -0.1) is 22.0 Å². The molecule has 0 N–H and O–H groups in total. The van der Waals surface area contributed by atoms with Crippen molar-refractivity contribution in [2.24, 2.45) is 15.4 Å². The Bertz CT molecular complexity index is 177. The van der Waals surface area contributed by atoms with Crippen LogP contribution in [0, 0.1) is 0 Å². The van der Waals surface area contributed by atoms with Gasteiger partial charge in [0, 0.05) is 0 Å². The number of carbonyl (C=O) groups excluding carboxylic acids is 1. The molecule has 0 saturated heterocycles. The lowest BCUT2D eigenvalue weighted by atomic mass is 10.4. The van der Waals surface area contributed by atoms with Crippen LogP contribution in [0.1, 0.15) is 0 Å². The number of Topliss-reactive ketones (excluding diaryl/α,β-unsaturated/α-hetero) is 1. The van der Waals surface area contributed by atoms with Gasteiger partial charge in [0.2, 0.25) is 5.78 Å². The second-order valence-corrected chi connectivity index (χ2v) is 2.36. The third-order valence-corrected chi connectivity index (χ3v) is 1.63. The summed E-state index contributed by atoms with van der Waals surface area (Å²) in [6, 6.07) is 0. The highest BCUT2D eigenvalue weighted by molar-refractivity contribution is 8.00. The van der Waals surface area contributed by atoms with Crippen LogP contribution in [0.15, 0.2) is 15.4 Å². The summed E-state index contributed by atoms with van der Waals surface area (Å²) >= 11 is 1.35. The quantitative estimate of drug-likeness (QED) is 0.542. The van der Waals surface area contributed by atoms with Crippen molar-refractivity contribution in [2.75, 3.05) is 6.26 Å². The molecule has 0 radical (unpaired) electrons. The monoisotopic (exact) mass is 143 g/mol. The van der Waals surface area contributed by atoms with E-state index in [9.17, 15) is 4.79 Å². The molecule has 1 aliphatic rings. The van der Waals surface area contributed by atoms with Crippen molar-refractivity contribution < 1.29 is 4.79 Å². The van der Waals surface area contributed by atoms with Crippen LogP contribution in [-0.2, 0) is 4.79 Å². The van der Waals surface area contributed by atoms with Gasteiger partial charge in [-0.2, -0.15) is 0 Å². The Balaban J connectivity index is 2.66. The molecule has 0 amide bonds. The van der Waals surface area contributed by atoms with Crippen LogP contribution in [0.2, 0.25) is 0 Å². The molecular formula is C4H5N3OS. The molecule has 1 unspecified atom stereocenters. The molecule has 0 aromatic heterocycles. The molecule has 1 aliphatic heterocycles. The molecule has 1 atom stereocenters. The predicted octanol–water partition coefficient (Wildman–Crippen LogP) is 0.696. The molecule has 5 heteroatoms. The maximum absolute atomic E-state index is 10.7. The summed E-state index contributed by atoms with van der Waals surface area (Å²) in [5.41, 5.74) is 0. The molecule has 4 nitrogen and oxygen atoms in total. The van der Waals surface area contributed by atoms with E-state index in [4.69, 9.17) is 0 Å². The first-order valence-corrected chi connectivity index (χ1v) is 3.63. The summed E-state index contributed by atoms with van der Waals surface area (Å²) in [4.78, 5) is 10.7. The lowest BCUT2D eigenvalue weighted by Crippen LogP contribution is -2.16. The number of thioether (sulfide) groups is 1. The van der Waals surface area contributed by atoms with E-state index < -0.39 is 0 Å². The van der Waals surface area contributed by atoms with Crippen molar-refractivity contribution in [1.82, 2.24) is 0 Å². The molecule has 0 spiro atoms. The first-order chi connectivity index (χ1) is 4.34. The minimum atomic E-state index is -0.359. The number of rotatable bonds is 1. The molecule has 0 aromatic carbocycles. The third kappa shape index (κ3) is 1.35. The zero-order valence-electron chi connectivity index (χ0n) is 4.81. The fourth-order valence-electron chi connectivity index (χ4n) is 0.443. The Kier molecular flexibility index (Phi) is 1.94. The Hall–Kier alpha value is -0.710. The Morgan fingerprint density at radius 2 is 2.56 bits per heavy atom. The third-order valence-electron chi connectivity index (χ3n) is 0.860. The summed E-state index contributed by atoms with van der Waals surface area (Å²) in [5, 5.41) is 9.87. The standard InChI is InChI=1S/C4H5N3OS/c1-9-4-3(8)2-5-7-6-4/h2,4H,1H3. The average molecular weight is 143 g/mol. The Labute approximate surface area is 56.4 Å². The molecular weight excluding hydrogens is 138 g/mol.